The van der Waals surface area contributed by atoms with Crippen LogP contribution in [0.5, 0.6) is 0 Å². The van der Waals surface area contributed by atoms with Crippen LogP contribution < -0.4 is 5.73 Å². The first-order chi connectivity index (χ1) is 8.29. The predicted octanol–water partition coefficient (Wildman–Crippen LogP) is 1.83. The summed E-state index contributed by atoms with van der Waals surface area (Å²) in [6.07, 6.45) is 3.02. The number of anilines is 1. The molecule has 5 nitrogen and oxygen atoms in total. The number of aromatic nitrogens is 3. The van der Waals surface area contributed by atoms with Crippen molar-refractivity contribution in [1.82, 2.24) is 14.8 Å². The number of hydrogen-bond donors (Lipinski definition) is 1. The summed E-state index contributed by atoms with van der Waals surface area (Å²) < 4.78 is 1.75. The molecule has 1 aromatic carbocycles. The molecule has 1 heterocycles. The number of nitrogens with zero attached hydrogens (tertiary/aromatic N) is 4. The van der Waals surface area contributed by atoms with Gasteiger partial charge in [-0.1, -0.05) is 0 Å². The largest absolute Gasteiger partial charge is 0.399 e. The molecule has 0 aliphatic rings. The van der Waals surface area contributed by atoms with E-state index in [9.17, 15) is 0 Å². The van der Waals surface area contributed by atoms with Crippen LogP contribution in [0.4, 0.5) is 5.69 Å². The fourth-order valence-corrected chi connectivity index (χ4v) is 1.49. The monoisotopic (exact) mass is 227 g/mol. The minimum atomic E-state index is 0.539. The molecule has 2 N–H and O–H groups in total. The number of nitriles is 1. The van der Waals surface area contributed by atoms with Crippen LogP contribution in [0.3, 0.4) is 0 Å². The van der Waals surface area contributed by atoms with Gasteiger partial charge in [-0.3, -0.25) is 4.68 Å². The molecule has 86 valence electrons. The standard InChI is InChI=1S/C12H13N5/c13-7-1-2-8-17-9-15-12(16-17)10-3-5-11(14)6-4-10/h3-6,9H,1-2,8,14H2. The highest BCUT2D eigenvalue weighted by Gasteiger charge is 2.03. The van der Waals surface area contributed by atoms with E-state index in [4.69, 9.17) is 11.0 Å². The van der Waals surface area contributed by atoms with E-state index in [1.54, 1.807) is 11.0 Å². The highest BCUT2D eigenvalue weighted by atomic mass is 15.3. The van der Waals surface area contributed by atoms with E-state index in [-0.39, 0.29) is 0 Å². The van der Waals surface area contributed by atoms with Crippen molar-refractivity contribution in [2.45, 2.75) is 19.4 Å². The maximum absolute atomic E-state index is 8.45. The molecular formula is C12H13N5. The van der Waals surface area contributed by atoms with Crippen LogP contribution in [0.25, 0.3) is 11.4 Å². The Morgan fingerprint density at radius 1 is 1.29 bits per heavy atom. The number of nitrogen functional groups attached to an aromatic ring is 1. The van der Waals surface area contributed by atoms with Gasteiger partial charge in [-0.15, -0.1) is 0 Å². The molecule has 0 aliphatic heterocycles. The average Bonchev–Trinajstić information content (AvgIpc) is 2.79. The molecule has 2 rings (SSSR count). The average molecular weight is 227 g/mol. The fourth-order valence-electron chi connectivity index (χ4n) is 1.49. The molecule has 0 amide bonds. The van der Waals surface area contributed by atoms with Crippen LogP contribution in [0.1, 0.15) is 12.8 Å². The van der Waals surface area contributed by atoms with Crippen LogP contribution in [0.15, 0.2) is 30.6 Å². The Morgan fingerprint density at radius 3 is 2.76 bits per heavy atom. The normalized spacial score (nSPS) is 10.1. The molecule has 0 unspecified atom stereocenters. The number of unbranched alkanes of at least 4 members (excludes halogenated alkanes) is 1. The van der Waals surface area contributed by atoms with E-state index in [1.807, 2.05) is 24.3 Å². The Kier molecular flexibility index (Phi) is 3.36. The third-order valence-corrected chi connectivity index (χ3v) is 2.38. The van der Waals surface area contributed by atoms with Crippen molar-refractivity contribution in [2.24, 2.45) is 0 Å². The van der Waals surface area contributed by atoms with Gasteiger partial charge in [0.2, 0.25) is 0 Å². The van der Waals surface area contributed by atoms with Gasteiger partial charge in [-0.05, 0) is 30.7 Å². The first kappa shape index (κ1) is 11.1. The zero-order valence-corrected chi connectivity index (χ0v) is 9.37. The lowest BCUT2D eigenvalue weighted by Gasteiger charge is -1.97. The van der Waals surface area contributed by atoms with Crippen LogP contribution in [-0.4, -0.2) is 14.8 Å². The molecule has 0 radical (unpaired) electrons. The zero-order chi connectivity index (χ0) is 12.1. The molecule has 0 saturated carbocycles. The van der Waals surface area contributed by atoms with E-state index in [0.29, 0.717) is 12.2 Å². The Balaban J connectivity index is 2.08. The van der Waals surface area contributed by atoms with Gasteiger partial charge >= 0.3 is 0 Å². The van der Waals surface area contributed by atoms with Gasteiger partial charge < -0.3 is 5.73 Å². The van der Waals surface area contributed by atoms with Gasteiger partial charge in [0, 0.05) is 24.2 Å². The first-order valence-corrected chi connectivity index (χ1v) is 5.42. The maximum Gasteiger partial charge on any atom is 0.181 e. The van der Waals surface area contributed by atoms with Gasteiger partial charge in [0.25, 0.3) is 0 Å². The third kappa shape index (κ3) is 2.82. The molecule has 1 aromatic heterocycles. The van der Waals surface area contributed by atoms with Gasteiger partial charge in [0.05, 0.1) is 6.07 Å². The number of rotatable bonds is 4. The molecule has 0 bridgehead atoms. The first-order valence-electron chi connectivity index (χ1n) is 5.42. The summed E-state index contributed by atoms with van der Waals surface area (Å²) in [7, 11) is 0. The molecule has 2 aromatic rings. The lowest BCUT2D eigenvalue weighted by Crippen LogP contribution is -1.98. The summed E-state index contributed by atoms with van der Waals surface area (Å²) in [5.41, 5.74) is 7.28. The van der Waals surface area contributed by atoms with Crippen LogP contribution >= 0.6 is 0 Å². The summed E-state index contributed by atoms with van der Waals surface area (Å²) in [4.78, 5) is 4.22. The number of aryl methyl sites for hydroxylation is 1. The van der Waals surface area contributed by atoms with Crippen molar-refractivity contribution in [3.63, 3.8) is 0 Å². The predicted molar refractivity (Wildman–Crippen MR) is 64.7 cm³/mol. The topological polar surface area (TPSA) is 80.5 Å². The molecule has 0 atom stereocenters. The Bertz CT molecular complexity index is 521. The fraction of sp³-hybridized carbons (Fsp3) is 0.250. The molecular weight excluding hydrogens is 214 g/mol. The summed E-state index contributed by atoms with van der Waals surface area (Å²) >= 11 is 0. The second-order valence-electron chi connectivity index (χ2n) is 3.71. The van der Waals surface area contributed by atoms with Crippen molar-refractivity contribution in [3.8, 4) is 17.5 Å². The van der Waals surface area contributed by atoms with Crippen molar-refractivity contribution < 1.29 is 0 Å². The van der Waals surface area contributed by atoms with E-state index < -0.39 is 0 Å². The van der Waals surface area contributed by atoms with E-state index in [1.165, 1.54) is 0 Å². The molecule has 0 aliphatic carbocycles. The number of benzene rings is 1. The summed E-state index contributed by atoms with van der Waals surface area (Å²) in [5.74, 6) is 0.682. The van der Waals surface area contributed by atoms with Crippen LogP contribution in [-0.2, 0) is 6.54 Å². The molecule has 5 heteroatoms. The Morgan fingerprint density at radius 2 is 2.06 bits per heavy atom. The quantitative estimate of drug-likeness (QED) is 0.638. The minimum absolute atomic E-state index is 0.539. The van der Waals surface area contributed by atoms with Gasteiger partial charge in [-0.2, -0.15) is 10.4 Å². The summed E-state index contributed by atoms with van der Waals surface area (Å²) in [6.45, 7) is 0.718. The van der Waals surface area contributed by atoms with E-state index in [0.717, 1.165) is 24.2 Å². The second kappa shape index (κ2) is 5.12. The molecule has 0 saturated heterocycles. The van der Waals surface area contributed by atoms with Crippen LogP contribution in [0.2, 0.25) is 0 Å². The van der Waals surface area contributed by atoms with Gasteiger partial charge in [0.1, 0.15) is 6.33 Å². The molecule has 17 heavy (non-hydrogen) atoms. The van der Waals surface area contributed by atoms with Gasteiger partial charge in [-0.25, -0.2) is 4.98 Å². The van der Waals surface area contributed by atoms with Gasteiger partial charge in [0.15, 0.2) is 5.82 Å². The minimum Gasteiger partial charge on any atom is -0.399 e. The lowest BCUT2D eigenvalue weighted by molar-refractivity contribution is 0.585. The van der Waals surface area contributed by atoms with Crippen molar-refractivity contribution in [1.29, 1.82) is 5.26 Å². The van der Waals surface area contributed by atoms with Crippen LogP contribution in [0, 0.1) is 11.3 Å². The van der Waals surface area contributed by atoms with E-state index in [2.05, 4.69) is 16.2 Å². The highest BCUT2D eigenvalue weighted by Crippen LogP contribution is 2.15. The van der Waals surface area contributed by atoms with Crippen molar-refractivity contribution in [2.75, 3.05) is 5.73 Å². The summed E-state index contributed by atoms with van der Waals surface area (Å²) in [5, 5.41) is 12.8. The Labute approximate surface area is 99.5 Å². The number of nitrogens with two attached hydrogens (primary N) is 1. The lowest BCUT2D eigenvalue weighted by atomic mass is 10.2. The third-order valence-electron chi connectivity index (χ3n) is 2.38. The second-order valence-corrected chi connectivity index (χ2v) is 3.71. The summed E-state index contributed by atoms with van der Waals surface area (Å²) in [6, 6.07) is 9.54. The zero-order valence-electron chi connectivity index (χ0n) is 9.37. The van der Waals surface area contributed by atoms with Crippen molar-refractivity contribution in [3.05, 3.63) is 30.6 Å². The van der Waals surface area contributed by atoms with E-state index >= 15 is 0 Å². The maximum atomic E-state index is 8.45. The molecule has 0 spiro atoms. The number of hydrogen-bond acceptors (Lipinski definition) is 4. The van der Waals surface area contributed by atoms with Crippen molar-refractivity contribution >= 4 is 5.69 Å². The molecule has 0 fully saturated rings. The highest BCUT2D eigenvalue weighted by molar-refractivity contribution is 5.57. The smallest absolute Gasteiger partial charge is 0.181 e. The SMILES string of the molecule is N#CCCCn1cnc(-c2ccc(N)cc2)n1. The Hall–Kier alpha value is -2.35.